The first kappa shape index (κ1) is 12.5. The van der Waals surface area contributed by atoms with Crippen molar-refractivity contribution in [3.05, 3.63) is 0 Å². The molecule has 3 N–H and O–H groups in total. The smallest absolute Gasteiger partial charge is 0.226 e. The molecule has 3 heteroatoms. The zero-order valence-electron chi connectivity index (χ0n) is 10.2. The molecule has 1 fully saturated rings. The van der Waals surface area contributed by atoms with E-state index in [1.807, 2.05) is 13.8 Å². The van der Waals surface area contributed by atoms with Crippen molar-refractivity contribution < 1.29 is 4.79 Å². The normalized spacial score (nSPS) is 19.5. The van der Waals surface area contributed by atoms with E-state index >= 15 is 0 Å². The zero-order valence-corrected chi connectivity index (χ0v) is 10.2. The van der Waals surface area contributed by atoms with Gasteiger partial charge in [-0.25, -0.2) is 0 Å². The van der Waals surface area contributed by atoms with Crippen molar-refractivity contribution in [2.75, 3.05) is 13.1 Å². The number of carbonyl (C=O) groups is 1. The van der Waals surface area contributed by atoms with Gasteiger partial charge in [0.05, 0.1) is 5.41 Å². The first-order chi connectivity index (χ1) is 6.96. The quantitative estimate of drug-likeness (QED) is 0.728. The number of rotatable bonds is 5. The molecule has 1 rings (SSSR count). The molecule has 1 aliphatic carbocycles. The molecule has 1 aliphatic rings. The lowest BCUT2D eigenvalue weighted by Crippen LogP contribution is -2.47. The Labute approximate surface area is 92.8 Å². The monoisotopic (exact) mass is 212 g/mol. The molecule has 0 aromatic rings. The molecule has 0 spiro atoms. The van der Waals surface area contributed by atoms with Crippen LogP contribution in [-0.4, -0.2) is 19.0 Å². The van der Waals surface area contributed by atoms with Gasteiger partial charge in [0.25, 0.3) is 0 Å². The summed E-state index contributed by atoms with van der Waals surface area (Å²) in [4.78, 5) is 11.8. The summed E-state index contributed by atoms with van der Waals surface area (Å²) in [7, 11) is 0. The summed E-state index contributed by atoms with van der Waals surface area (Å²) in [5.74, 6) is 0.0877. The average Bonchev–Trinajstić information content (AvgIpc) is 2.16. The standard InChI is InChI=1S/C12H24N2O/c1-4-12(6-5-7-12)9-14-10(15)11(2,3)8-13/h4-9,13H2,1-3H3,(H,14,15). The molecule has 0 heterocycles. The van der Waals surface area contributed by atoms with Crippen molar-refractivity contribution in [2.45, 2.75) is 46.5 Å². The van der Waals surface area contributed by atoms with Gasteiger partial charge < -0.3 is 11.1 Å². The number of nitrogens with two attached hydrogens (primary N) is 1. The zero-order chi connectivity index (χ0) is 11.5. The van der Waals surface area contributed by atoms with Crippen molar-refractivity contribution in [3.8, 4) is 0 Å². The van der Waals surface area contributed by atoms with Crippen LogP contribution >= 0.6 is 0 Å². The fourth-order valence-electron chi connectivity index (χ4n) is 1.93. The van der Waals surface area contributed by atoms with E-state index in [1.165, 1.54) is 19.3 Å². The molecular formula is C12H24N2O. The summed E-state index contributed by atoms with van der Waals surface area (Å²) in [5, 5.41) is 3.05. The summed E-state index contributed by atoms with van der Waals surface area (Å²) >= 11 is 0. The first-order valence-corrected chi connectivity index (χ1v) is 5.94. The van der Waals surface area contributed by atoms with Gasteiger partial charge in [-0.3, -0.25) is 4.79 Å². The highest BCUT2D eigenvalue weighted by Crippen LogP contribution is 2.43. The van der Waals surface area contributed by atoms with Gasteiger partial charge >= 0.3 is 0 Å². The number of hydrogen-bond donors (Lipinski definition) is 2. The fourth-order valence-corrected chi connectivity index (χ4v) is 1.93. The van der Waals surface area contributed by atoms with Crippen molar-refractivity contribution in [1.82, 2.24) is 5.32 Å². The Morgan fingerprint density at radius 3 is 2.40 bits per heavy atom. The Bertz CT molecular complexity index is 226. The molecule has 1 saturated carbocycles. The van der Waals surface area contributed by atoms with E-state index < -0.39 is 5.41 Å². The van der Waals surface area contributed by atoms with E-state index in [0.717, 1.165) is 13.0 Å². The molecule has 0 unspecified atom stereocenters. The van der Waals surface area contributed by atoms with Crippen molar-refractivity contribution in [3.63, 3.8) is 0 Å². The third-order valence-corrected chi connectivity index (χ3v) is 3.91. The predicted octanol–water partition coefficient (Wildman–Crippen LogP) is 1.67. The second kappa shape index (κ2) is 4.52. The van der Waals surface area contributed by atoms with E-state index in [0.29, 0.717) is 12.0 Å². The minimum Gasteiger partial charge on any atom is -0.355 e. The number of nitrogens with one attached hydrogen (secondary N) is 1. The van der Waals surface area contributed by atoms with Crippen molar-refractivity contribution in [2.24, 2.45) is 16.6 Å². The molecule has 0 aromatic heterocycles. The predicted molar refractivity (Wildman–Crippen MR) is 62.4 cm³/mol. The lowest BCUT2D eigenvalue weighted by Gasteiger charge is -2.42. The van der Waals surface area contributed by atoms with Crippen molar-refractivity contribution in [1.29, 1.82) is 0 Å². The van der Waals surface area contributed by atoms with Gasteiger partial charge in [-0.15, -0.1) is 0 Å². The Morgan fingerprint density at radius 2 is 2.07 bits per heavy atom. The second-order valence-corrected chi connectivity index (χ2v) is 5.48. The SMILES string of the molecule is CCC1(CNC(=O)C(C)(C)CN)CCC1. The molecule has 0 aromatic carbocycles. The fraction of sp³-hybridized carbons (Fsp3) is 0.917. The lowest BCUT2D eigenvalue weighted by atomic mass is 9.67. The Hall–Kier alpha value is -0.570. The van der Waals surface area contributed by atoms with Gasteiger partial charge in [0.15, 0.2) is 0 Å². The van der Waals surface area contributed by atoms with Gasteiger partial charge in [-0.2, -0.15) is 0 Å². The third kappa shape index (κ3) is 2.71. The van der Waals surface area contributed by atoms with Crippen LogP contribution in [0.3, 0.4) is 0 Å². The van der Waals surface area contributed by atoms with Crippen LogP contribution in [0.5, 0.6) is 0 Å². The largest absolute Gasteiger partial charge is 0.355 e. The van der Waals surface area contributed by atoms with Gasteiger partial charge in [0.2, 0.25) is 5.91 Å². The topological polar surface area (TPSA) is 55.1 Å². The van der Waals surface area contributed by atoms with Crippen LogP contribution in [0.15, 0.2) is 0 Å². The summed E-state index contributed by atoms with van der Waals surface area (Å²) in [6.45, 7) is 7.21. The maximum atomic E-state index is 11.8. The molecule has 0 bridgehead atoms. The Balaban J connectivity index is 2.40. The minimum atomic E-state index is -0.432. The van der Waals surface area contributed by atoms with E-state index in [1.54, 1.807) is 0 Å². The van der Waals surface area contributed by atoms with Crippen LogP contribution in [0.1, 0.15) is 46.5 Å². The van der Waals surface area contributed by atoms with Gasteiger partial charge in [0.1, 0.15) is 0 Å². The van der Waals surface area contributed by atoms with Crippen LogP contribution in [0.4, 0.5) is 0 Å². The van der Waals surface area contributed by atoms with E-state index in [2.05, 4.69) is 12.2 Å². The number of hydrogen-bond acceptors (Lipinski definition) is 2. The second-order valence-electron chi connectivity index (χ2n) is 5.48. The maximum Gasteiger partial charge on any atom is 0.226 e. The van der Waals surface area contributed by atoms with E-state index in [-0.39, 0.29) is 5.91 Å². The molecule has 0 aliphatic heterocycles. The molecule has 1 amide bonds. The first-order valence-electron chi connectivity index (χ1n) is 5.94. The maximum absolute atomic E-state index is 11.8. The van der Waals surface area contributed by atoms with Gasteiger partial charge in [-0.05, 0) is 38.5 Å². The highest BCUT2D eigenvalue weighted by molar-refractivity contribution is 5.82. The summed E-state index contributed by atoms with van der Waals surface area (Å²) < 4.78 is 0. The molecule has 0 radical (unpaired) electrons. The van der Waals surface area contributed by atoms with Crippen LogP contribution < -0.4 is 11.1 Å². The van der Waals surface area contributed by atoms with E-state index in [9.17, 15) is 4.79 Å². The third-order valence-electron chi connectivity index (χ3n) is 3.91. The number of carbonyl (C=O) groups excluding carboxylic acids is 1. The van der Waals surface area contributed by atoms with Crippen LogP contribution in [0, 0.1) is 10.8 Å². The molecular weight excluding hydrogens is 188 g/mol. The van der Waals surface area contributed by atoms with Crippen LogP contribution in [0.25, 0.3) is 0 Å². The van der Waals surface area contributed by atoms with Crippen molar-refractivity contribution >= 4 is 5.91 Å². The summed E-state index contributed by atoms with van der Waals surface area (Å²) in [6, 6.07) is 0. The molecule has 3 nitrogen and oxygen atoms in total. The molecule has 15 heavy (non-hydrogen) atoms. The minimum absolute atomic E-state index is 0.0877. The Kier molecular flexibility index (Phi) is 3.77. The van der Waals surface area contributed by atoms with Crippen LogP contribution in [-0.2, 0) is 4.79 Å². The highest BCUT2D eigenvalue weighted by Gasteiger charge is 2.36. The van der Waals surface area contributed by atoms with Crippen LogP contribution in [0.2, 0.25) is 0 Å². The van der Waals surface area contributed by atoms with Gasteiger partial charge in [-0.1, -0.05) is 13.3 Å². The highest BCUT2D eigenvalue weighted by atomic mass is 16.2. The van der Waals surface area contributed by atoms with E-state index in [4.69, 9.17) is 5.73 Å². The lowest BCUT2D eigenvalue weighted by molar-refractivity contribution is -0.129. The summed E-state index contributed by atoms with van der Waals surface area (Å²) in [6.07, 6.45) is 4.99. The summed E-state index contributed by atoms with van der Waals surface area (Å²) in [5.41, 5.74) is 5.52. The molecule has 0 atom stereocenters. The van der Waals surface area contributed by atoms with Gasteiger partial charge in [0, 0.05) is 13.1 Å². The average molecular weight is 212 g/mol. The molecule has 0 saturated heterocycles. The Morgan fingerprint density at radius 1 is 1.47 bits per heavy atom. The molecule has 88 valence electrons. The number of amides is 1.